The first-order valence-corrected chi connectivity index (χ1v) is 10.5. The number of hydroxylamine groups is 1. The first kappa shape index (κ1) is 23.3. The van der Waals surface area contributed by atoms with Gasteiger partial charge in [0.1, 0.15) is 11.7 Å². The molecule has 1 aliphatic heterocycles. The number of Topliss-reactive ketones (excluding diaryl/α,β-unsaturated/α-hetero) is 1. The van der Waals surface area contributed by atoms with Gasteiger partial charge in [-0.2, -0.15) is 0 Å². The van der Waals surface area contributed by atoms with Crippen LogP contribution in [-0.2, 0) is 0 Å². The second-order valence-corrected chi connectivity index (χ2v) is 8.55. The van der Waals surface area contributed by atoms with Crippen molar-refractivity contribution in [3.8, 4) is 0 Å². The van der Waals surface area contributed by atoms with Gasteiger partial charge in [-0.1, -0.05) is 47.1 Å². The van der Waals surface area contributed by atoms with Crippen molar-refractivity contribution in [3.05, 3.63) is 70.0 Å². The Morgan fingerprint density at radius 1 is 1.07 bits per heavy atom. The van der Waals surface area contributed by atoms with Gasteiger partial charge in [0, 0.05) is 12.5 Å². The molecule has 0 spiro atoms. The zero-order valence-corrected chi connectivity index (χ0v) is 18.4. The molecule has 1 heterocycles. The van der Waals surface area contributed by atoms with E-state index in [0.717, 1.165) is 31.3 Å². The number of aliphatic hydroxyl groups is 1. The minimum atomic E-state index is -1.66. The fourth-order valence-corrected chi connectivity index (χ4v) is 3.71. The predicted molar refractivity (Wildman–Crippen MR) is 119 cm³/mol. The summed E-state index contributed by atoms with van der Waals surface area (Å²) in [4.78, 5) is 12.9. The highest BCUT2D eigenvalue weighted by Gasteiger charge is 2.50. The molecule has 4 heteroatoms. The number of nitrogens with one attached hydrogen (secondary N) is 1. The summed E-state index contributed by atoms with van der Waals surface area (Å²) in [6, 6.07) is 6.03. The third-order valence-corrected chi connectivity index (χ3v) is 5.82. The van der Waals surface area contributed by atoms with Crippen LogP contribution in [0.3, 0.4) is 0 Å². The first-order valence-electron chi connectivity index (χ1n) is 10.5. The van der Waals surface area contributed by atoms with Gasteiger partial charge in [0.05, 0.1) is 5.56 Å². The molecule has 0 aliphatic carbocycles. The number of carbonyl (C=O) groups is 1. The molecule has 0 radical (unpaired) electrons. The largest absolute Gasteiger partial charge is 0.629 e. The summed E-state index contributed by atoms with van der Waals surface area (Å²) < 4.78 is 0. The quantitative estimate of drug-likeness (QED) is 0.488. The fourth-order valence-electron chi connectivity index (χ4n) is 3.71. The number of carbonyl (C=O) groups excluding carboxylic acids is 1. The Labute approximate surface area is 175 Å². The van der Waals surface area contributed by atoms with Crippen LogP contribution in [0.2, 0.25) is 0 Å². The molecule has 0 fully saturated rings. The Morgan fingerprint density at radius 2 is 1.66 bits per heavy atom. The molecule has 2 N–H and O–H groups in total. The molecular formula is C25H35NO3. The van der Waals surface area contributed by atoms with E-state index in [1.807, 2.05) is 13.0 Å². The number of para-hydroxylation sites is 1. The number of fused-ring (bicyclic) bond motifs is 1. The van der Waals surface area contributed by atoms with Crippen LogP contribution in [0.25, 0.3) is 0 Å². The van der Waals surface area contributed by atoms with Crippen molar-refractivity contribution in [2.45, 2.75) is 78.4 Å². The number of ketones is 1. The summed E-state index contributed by atoms with van der Waals surface area (Å²) >= 11 is 0. The van der Waals surface area contributed by atoms with E-state index in [2.05, 4.69) is 32.9 Å². The van der Waals surface area contributed by atoms with Crippen LogP contribution in [0.15, 0.2) is 59.2 Å². The van der Waals surface area contributed by atoms with Crippen LogP contribution in [0.5, 0.6) is 0 Å². The summed E-state index contributed by atoms with van der Waals surface area (Å²) in [5, 5.41) is 23.6. The molecule has 1 aromatic carbocycles. The van der Waals surface area contributed by atoms with Gasteiger partial charge in [0.15, 0.2) is 5.60 Å². The Bertz CT molecular complexity index is 817. The highest BCUT2D eigenvalue weighted by Crippen LogP contribution is 2.29. The number of benzene rings is 1. The molecular weight excluding hydrogens is 362 g/mol. The zero-order chi connectivity index (χ0) is 21.6. The average molecular weight is 398 g/mol. The number of rotatable bonds is 8. The van der Waals surface area contributed by atoms with Gasteiger partial charge in [0.2, 0.25) is 5.78 Å². The molecule has 3 atom stereocenters. The van der Waals surface area contributed by atoms with Crippen LogP contribution in [0, 0.1) is 5.21 Å². The molecule has 29 heavy (non-hydrogen) atoms. The lowest BCUT2D eigenvalue weighted by Crippen LogP contribution is -3.11. The fraction of sp³-hybridized carbons (Fsp3) is 0.480. The van der Waals surface area contributed by atoms with Gasteiger partial charge < -0.3 is 15.4 Å². The van der Waals surface area contributed by atoms with Gasteiger partial charge in [-0.05, 0) is 66.4 Å². The third kappa shape index (κ3) is 5.75. The van der Waals surface area contributed by atoms with E-state index in [0.29, 0.717) is 11.3 Å². The Morgan fingerprint density at radius 3 is 2.31 bits per heavy atom. The maximum Gasteiger partial charge on any atom is 0.206 e. The number of hydrogen-bond acceptors (Lipinski definition) is 3. The molecule has 0 saturated carbocycles. The van der Waals surface area contributed by atoms with Gasteiger partial charge >= 0.3 is 0 Å². The number of hydrogen-bond donors (Lipinski definition) is 2. The summed E-state index contributed by atoms with van der Waals surface area (Å²) in [6.45, 7) is 10.1. The van der Waals surface area contributed by atoms with E-state index in [1.54, 1.807) is 31.2 Å². The first-order chi connectivity index (χ1) is 13.7. The molecule has 0 amide bonds. The standard InChI is InChI=1S/C25H35NO3/c1-18(2)10-8-11-19(3)12-9-13-20(4)16-17-25(28)21(5)26(29)23-15-7-6-14-22(23)24(25)27/h6-7,10,12,14-16,21,26,28H,8-9,11,13,17H2,1-5H3. The van der Waals surface area contributed by atoms with Crippen LogP contribution < -0.4 is 5.06 Å². The normalized spacial score (nSPS) is 25.0. The maximum absolute atomic E-state index is 12.9. The van der Waals surface area contributed by atoms with Crippen molar-refractivity contribution in [2.24, 2.45) is 0 Å². The van der Waals surface area contributed by atoms with E-state index in [-0.39, 0.29) is 17.3 Å². The van der Waals surface area contributed by atoms with E-state index < -0.39 is 11.6 Å². The van der Waals surface area contributed by atoms with Crippen molar-refractivity contribution in [1.29, 1.82) is 0 Å². The molecule has 0 saturated heterocycles. The van der Waals surface area contributed by atoms with Crippen molar-refractivity contribution in [2.75, 3.05) is 0 Å². The van der Waals surface area contributed by atoms with E-state index in [4.69, 9.17) is 0 Å². The second kappa shape index (κ2) is 10.1. The third-order valence-electron chi connectivity index (χ3n) is 5.82. The van der Waals surface area contributed by atoms with Gasteiger partial charge in [-0.25, -0.2) is 0 Å². The molecule has 0 aromatic heterocycles. The second-order valence-electron chi connectivity index (χ2n) is 8.55. The Hall–Kier alpha value is -2.01. The van der Waals surface area contributed by atoms with Crippen molar-refractivity contribution in [1.82, 2.24) is 0 Å². The maximum atomic E-state index is 12.9. The summed E-state index contributed by atoms with van der Waals surface area (Å²) in [5.41, 5.74) is 2.94. The summed E-state index contributed by atoms with van der Waals surface area (Å²) in [7, 11) is 0. The molecule has 158 valence electrons. The van der Waals surface area contributed by atoms with Crippen LogP contribution >= 0.6 is 0 Å². The van der Waals surface area contributed by atoms with Gasteiger partial charge in [-0.15, -0.1) is 0 Å². The summed E-state index contributed by atoms with van der Waals surface area (Å²) in [6.07, 6.45) is 10.6. The van der Waals surface area contributed by atoms with Crippen LogP contribution in [0.4, 0.5) is 5.69 Å². The van der Waals surface area contributed by atoms with Crippen LogP contribution in [-0.4, -0.2) is 22.5 Å². The molecule has 1 aromatic rings. The van der Waals surface area contributed by atoms with Crippen molar-refractivity contribution >= 4 is 11.5 Å². The molecule has 4 nitrogen and oxygen atoms in total. The van der Waals surface area contributed by atoms with Gasteiger partial charge in [0.25, 0.3) is 0 Å². The Kier molecular flexibility index (Phi) is 8.14. The lowest BCUT2D eigenvalue weighted by molar-refractivity contribution is -0.814. The highest BCUT2D eigenvalue weighted by molar-refractivity contribution is 6.06. The average Bonchev–Trinajstić information content (AvgIpc) is 2.69. The lowest BCUT2D eigenvalue weighted by Gasteiger charge is -2.43. The SMILES string of the molecule is CC(C)=CCCC(C)=CCCC(C)=CCC1(O)C(=O)c2ccccc2[NH+]([O-])C1C. The molecule has 1 aliphatic rings. The lowest BCUT2D eigenvalue weighted by atomic mass is 9.79. The monoisotopic (exact) mass is 397 g/mol. The van der Waals surface area contributed by atoms with E-state index in [1.165, 1.54) is 11.1 Å². The van der Waals surface area contributed by atoms with E-state index in [9.17, 15) is 15.1 Å². The number of allylic oxidation sites excluding steroid dienone is 5. The molecule has 3 unspecified atom stereocenters. The molecule has 0 bridgehead atoms. The predicted octanol–water partition coefficient (Wildman–Crippen LogP) is 4.83. The summed E-state index contributed by atoms with van der Waals surface area (Å²) in [5.74, 6) is -0.348. The molecule has 2 rings (SSSR count). The minimum absolute atomic E-state index is 0.163. The highest BCUT2D eigenvalue weighted by atomic mass is 16.5. The smallest absolute Gasteiger partial charge is 0.206 e. The zero-order valence-electron chi connectivity index (χ0n) is 18.4. The Balaban J connectivity index is 1.99. The van der Waals surface area contributed by atoms with Crippen molar-refractivity contribution < 1.29 is 15.0 Å². The minimum Gasteiger partial charge on any atom is -0.629 e. The van der Waals surface area contributed by atoms with Crippen molar-refractivity contribution in [3.63, 3.8) is 0 Å². The van der Waals surface area contributed by atoms with E-state index >= 15 is 0 Å². The number of quaternary nitrogens is 1. The van der Waals surface area contributed by atoms with Gasteiger partial charge in [-0.3, -0.25) is 4.79 Å². The van der Waals surface area contributed by atoms with Crippen LogP contribution in [0.1, 0.15) is 77.1 Å². The topological polar surface area (TPSA) is 64.8 Å².